The van der Waals surface area contributed by atoms with E-state index < -0.39 is 5.82 Å². The molecule has 0 radical (unpaired) electrons. The quantitative estimate of drug-likeness (QED) is 0.544. The Morgan fingerprint density at radius 1 is 1.43 bits per heavy atom. The van der Waals surface area contributed by atoms with Crippen molar-refractivity contribution >= 4 is 11.9 Å². The van der Waals surface area contributed by atoms with Gasteiger partial charge in [-0.25, -0.2) is 4.39 Å². The maximum Gasteiger partial charge on any atom is 0.146 e. The third kappa shape index (κ3) is 4.03. The smallest absolute Gasteiger partial charge is 0.146 e. The predicted octanol–water partition coefficient (Wildman–Crippen LogP) is 2.87. The highest BCUT2D eigenvalue weighted by molar-refractivity contribution is 5.86. The Kier molecular flexibility index (Phi) is 6.37. The van der Waals surface area contributed by atoms with Crippen LogP contribution in [-0.2, 0) is 0 Å². The fourth-order valence-electron chi connectivity index (χ4n) is 0.805. The van der Waals surface area contributed by atoms with Gasteiger partial charge in [-0.2, -0.15) is 0 Å². The summed E-state index contributed by atoms with van der Waals surface area (Å²) < 4.78 is 12.7. The Bertz CT molecular complexity index is 295. The standard InChI is InChI=1S/C8H9FN2.C3H8/c1-11-5-6-3-2-4-7(9)8(6)10;1-3-2/h2-5H,10H2,1H3;3H2,1-2H3. The van der Waals surface area contributed by atoms with E-state index in [9.17, 15) is 4.39 Å². The van der Waals surface area contributed by atoms with Crippen molar-refractivity contribution < 1.29 is 4.39 Å². The van der Waals surface area contributed by atoms with Gasteiger partial charge in [0.15, 0.2) is 0 Å². The average Bonchev–Trinajstić information content (AvgIpc) is 2.15. The van der Waals surface area contributed by atoms with Crippen LogP contribution in [0.3, 0.4) is 0 Å². The summed E-state index contributed by atoms with van der Waals surface area (Å²) in [5.74, 6) is -0.401. The lowest BCUT2D eigenvalue weighted by Gasteiger charge is -1.98. The zero-order valence-corrected chi connectivity index (χ0v) is 8.92. The number of nitrogens with two attached hydrogens (primary N) is 1. The number of anilines is 1. The number of aliphatic imine (C=N–C) groups is 1. The highest BCUT2D eigenvalue weighted by atomic mass is 19.1. The van der Waals surface area contributed by atoms with E-state index >= 15 is 0 Å². The fourth-order valence-corrected chi connectivity index (χ4v) is 0.805. The first-order valence-corrected chi connectivity index (χ1v) is 4.63. The summed E-state index contributed by atoms with van der Waals surface area (Å²) in [7, 11) is 1.62. The summed E-state index contributed by atoms with van der Waals surface area (Å²) in [4.78, 5) is 3.74. The minimum absolute atomic E-state index is 0.151. The van der Waals surface area contributed by atoms with Crippen molar-refractivity contribution in [3.8, 4) is 0 Å². The van der Waals surface area contributed by atoms with E-state index in [1.54, 1.807) is 19.2 Å². The molecule has 0 aliphatic rings. The molecule has 1 rings (SSSR count). The molecule has 0 saturated carbocycles. The molecule has 0 bridgehead atoms. The number of hydrogen-bond acceptors (Lipinski definition) is 2. The number of nitrogen functional groups attached to an aromatic ring is 1. The van der Waals surface area contributed by atoms with Gasteiger partial charge in [0, 0.05) is 18.8 Å². The number of halogens is 1. The van der Waals surface area contributed by atoms with E-state index in [1.807, 2.05) is 0 Å². The molecule has 0 spiro atoms. The van der Waals surface area contributed by atoms with Crippen LogP contribution in [0.25, 0.3) is 0 Å². The molecular weight excluding hydrogens is 179 g/mol. The molecule has 0 unspecified atom stereocenters. The van der Waals surface area contributed by atoms with Gasteiger partial charge in [-0.15, -0.1) is 0 Å². The molecule has 0 fully saturated rings. The van der Waals surface area contributed by atoms with Crippen LogP contribution in [0.1, 0.15) is 25.8 Å². The largest absolute Gasteiger partial charge is 0.396 e. The van der Waals surface area contributed by atoms with Crippen LogP contribution in [0.2, 0.25) is 0 Å². The Balaban J connectivity index is 0.000000500. The summed E-state index contributed by atoms with van der Waals surface area (Å²) >= 11 is 0. The van der Waals surface area contributed by atoms with Crippen molar-refractivity contribution in [3.63, 3.8) is 0 Å². The van der Waals surface area contributed by atoms with E-state index in [4.69, 9.17) is 5.73 Å². The minimum atomic E-state index is -0.401. The molecule has 1 aromatic rings. The molecular formula is C11H17FN2. The Labute approximate surface area is 84.7 Å². The summed E-state index contributed by atoms with van der Waals surface area (Å²) in [5.41, 5.74) is 6.17. The van der Waals surface area contributed by atoms with Crippen molar-refractivity contribution in [1.29, 1.82) is 0 Å². The topological polar surface area (TPSA) is 38.4 Å². The molecule has 14 heavy (non-hydrogen) atoms. The van der Waals surface area contributed by atoms with Gasteiger partial charge in [0.05, 0.1) is 5.69 Å². The van der Waals surface area contributed by atoms with Gasteiger partial charge < -0.3 is 5.73 Å². The van der Waals surface area contributed by atoms with Crippen molar-refractivity contribution in [2.45, 2.75) is 20.3 Å². The van der Waals surface area contributed by atoms with Crippen LogP contribution >= 0.6 is 0 Å². The maximum atomic E-state index is 12.7. The molecule has 78 valence electrons. The normalized spacial score (nSPS) is 9.71. The second-order valence-corrected chi connectivity index (χ2v) is 2.84. The van der Waals surface area contributed by atoms with Gasteiger partial charge in [-0.05, 0) is 6.07 Å². The lowest BCUT2D eigenvalue weighted by molar-refractivity contribution is 0.632. The van der Waals surface area contributed by atoms with Crippen LogP contribution in [0.4, 0.5) is 10.1 Å². The van der Waals surface area contributed by atoms with Gasteiger partial charge in [0.2, 0.25) is 0 Å². The summed E-state index contributed by atoms with van der Waals surface area (Å²) in [5, 5.41) is 0. The molecule has 3 heteroatoms. The Morgan fingerprint density at radius 3 is 2.50 bits per heavy atom. The number of benzene rings is 1. The number of para-hydroxylation sites is 1. The van der Waals surface area contributed by atoms with Crippen molar-refractivity contribution in [2.75, 3.05) is 12.8 Å². The first kappa shape index (κ1) is 12.6. The first-order valence-electron chi connectivity index (χ1n) is 4.63. The highest BCUT2D eigenvalue weighted by Crippen LogP contribution is 2.13. The fraction of sp³-hybridized carbons (Fsp3) is 0.364. The molecule has 0 amide bonds. The maximum absolute atomic E-state index is 12.7. The van der Waals surface area contributed by atoms with E-state index in [-0.39, 0.29) is 5.69 Å². The first-order chi connectivity index (χ1) is 6.67. The second-order valence-electron chi connectivity index (χ2n) is 2.84. The predicted molar refractivity (Wildman–Crippen MR) is 60.3 cm³/mol. The Morgan fingerprint density at radius 2 is 2.00 bits per heavy atom. The second kappa shape index (κ2) is 7.06. The van der Waals surface area contributed by atoms with Crippen molar-refractivity contribution in [3.05, 3.63) is 29.6 Å². The van der Waals surface area contributed by atoms with Crippen LogP contribution < -0.4 is 5.73 Å². The van der Waals surface area contributed by atoms with E-state index in [2.05, 4.69) is 18.8 Å². The van der Waals surface area contributed by atoms with Crippen molar-refractivity contribution in [1.82, 2.24) is 0 Å². The average molecular weight is 196 g/mol. The zero-order chi connectivity index (χ0) is 11.0. The Hall–Kier alpha value is -1.38. The molecule has 0 saturated heterocycles. The molecule has 2 nitrogen and oxygen atoms in total. The number of rotatable bonds is 1. The summed E-state index contributed by atoms with van der Waals surface area (Å²) in [6.07, 6.45) is 2.78. The minimum Gasteiger partial charge on any atom is -0.396 e. The van der Waals surface area contributed by atoms with E-state index in [0.717, 1.165) is 0 Å². The third-order valence-electron chi connectivity index (χ3n) is 1.35. The van der Waals surface area contributed by atoms with E-state index in [0.29, 0.717) is 5.56 Å². The van der Waals surface area contributed by atoms with Gasteiger partial charge in [-0.3, -0.25) is 4.99 Å². The van der Waals surface area contributed by atoms with Crippen LogP contribution in [0.15, 0.2) is 23.2 Å². The van der Waals surface area contributed by atoms with Gasteiger partial charge in [0.25, 0.3) is 0 Å². The number of hydrogen-bond donors (Lipinski definition) is 1. The van der Waals surface area contributed by atoms with Gasteiger partial charge in [0.1, 0.15) is 5.82 Å². The summed E-state index contributed by atoms with van der Waals surface area (Å²) in [6.45, 7) is 4.25. The van der Waals surface area contributed by atoms with Crippen LogP contribution in [-0.4, -0.2) is 13.3 Å². The van der Waals surface area contributed by atoms with Crippen molar-refractivity contribution in [2.24, 2.45) is 4.99 Å². The monoisotopic (exact) mass is 196 g/mol. The van der Waals surface area contributed by atoms with Crippen LogP contribution in [0, 0.1) is 5.82 Å². The third-order valence-corrected chi connectivity index (χ3v) is 1.35. The molecule has 0 aliphatic heterocycles. The van der Waals surface area contributed by atoms with E-state index in [1.165, 1.54) is 18.7 Å². The number of nitrogens with zero attached hydrogens (tertiary/aromatic N) is 1. The van der Waals surface area contributed by atoms with Gasteiger partial charge >= 0.3 is 0 Å². The lowest BCUT2D eigenvalue weighted by Crippen LogP contribution is -1.96. The highest BCUT2D eigenvalue weighted by Gasteiger charge is 1.99. The summed E-state index contributed by atoms with van der Waals surface area (Å²) in [6, 6.07) is 4.64. The molecule has 2 N–H and O–H groups in total. The molecule has 0 aliphatic carbocycles. The molecule has 1 aromatic carbocycles. The van der Waals surface area contributed by atoms with Crippen LogP contribution in [0.5, 0.6) is 0 Å². The zero-order valence-electron chi connectivity index (χ0n) is 8.92. The lowest BCUT2D eigenvalue weighted by atomic mass is 10.2. The SMILES string of the molecule is CCC.CN=Cc1cccc(F)c1N. The van der Waals surface area contributed by atoms with Gasteiger partial charge in [-0.1, -0.05) is 32.4 Å². The molecule has 0 heterocycles. The molecule has 0 atom stereocenters. The molecule has 0 aromatic heterocycles.